The molecule has 1 saturated heterocycles. The maximum Gasteiger partial charge on any atom is 0.234 e. The lowest BCUT2D eigenvalue weighted by Gasteiger charge is -2.36. The number of anilines is 1. The Hall–Kier alpha value is -7.00. The first-order chi connectivity index (χ1) is 29.2. The van der Waals surface area contributed by atoms with Crippen LogP contribution < -0.4 is 4.90 Å². The second-order valence-electron chi connectivity index (χ2n) is 16.5. The van der Waals surface area contributed by atoms with Gasteiger partial charge in [-0.2, -0.15) is 0 Å². The van der Waals surface area contributed by atoms with Gasteiger partial charge in [0.1, 0.15) is 11.4 Å². The van der Waals surface area contributed by atoms with Crippen molar-refractivity contribution in [2.24, 2.45) is 5.41 Å². The summed E-state index contributed by atoms with van der Waals surface area (Å²) in [6.07, 6.45) is 3.37. The van der Waals surface area contributed by atoms with Crippen LogP contribution >= 0.6 is 0 Å². The van der Waals surface area contributed by atoms with Gasteiger partial charge in [-0.3, -0.25) is 19.1 Å². The monoisotopic (exact) mass is 789 g/mol. The number of nitrogens with zero attached hydrogens (tertiary/aromatic N) is 7. The zero-order valence-corrected chi connectivity index (χ0v) is 34.4. The largest absolute Gasteiger partial charge is 0.296 e. The van der Waals surface area contributed by atoms with Gasteiger partial charge in [-0.25, -0.2) is 9.67 Å². The number of imidazole rings is 1. The van der Waals surface area contributed by atoms with E-state index in [1.54, 1.807) is 0 Å². The molecule has 0 unspecified atom stereocenters. The normalized spacial score (nSPS) is 14.2. The quantitative estimate of drug-likeness (QED) is 0.0956. The molecular weight excluding hydrogens is 743 g/mol. The van der Waals surface area contributed by atoms with Gasteiger partial charge in [0.05, 0.1) is 22.4 Å². The van der Waals surface area contributed by atoms with Crippen LogP contribution in [0.3, 0.4) is 0 Å². The number of fused-ring (bicyclic) bond motifs is 1. The van der Waals surface area contributed by atoms with Crippen LogP contribution in [0.2, 0.25) is 0 Å². The minimum absolute atomic E-state index is 0.180. The Labute approximate surface area is 350 Å². The van der Waals surface area contributed by atoms with Crippen LogP contribution in [0.25, 0.3) is 39.2 Å². The molecule has 60 heavy (non-hydrogen) atoms. The van der Waals surface area contributed by atoms with E-state index in [1.165, 1.54) is 4.90 Å². The van der Waals surface area contributed by atoms with Crippen molar-refractivity contribution in [3.8, 4) is 28.2 Å². The standard InChI is InChI=1S/C51H47N7O2/c1-5-6-29-46-52-43-31-30-39(56-47(59)33-50(3,4)34-48(56)60)32-45(43)57(46)44-28-18-27-40(35(44)2)41-25-16-17-26-42(41)49-53-54-55-58(49)51(36-19-10-7-11-20-36,37-21-12-8-13-22-37)38-23-14-9-15-24-38/h7-28,30-32H,5-6,29,33-34H2,1-4H3. The number of imide groups is 1. The lowest BCUT2D eigenvalue weighted by atomic mass is 9.77. The van der Waals surface area contributed by atoms with Gasteiger partial charge in [0.25, 0.3) is 0 Å². The first-order valence-corrected chi connectivity index (χ1v) is 20.7. The average Bonchev–Trinajstić information content (AvgIpc) is 3.89. The van der Waals surface area contributed by atoms with Crippen LogP contribution in [-0.4, -0.2) is 41.6 Å². The summed E-state index contributed by atoms with van der Waals surface area (Å²) in [6, 6.07) is 51.7. The van der Waals surface area contributed by atoms with E-state index in [0.29, 0.717) is 24.4 Å². The van der Waals surface area contributed by atoms with Crippen LogP contribution in [0.5, 0.6) is 0 Å². The summed E-state index contributed by atoms with van der Waals surface area (Å²) in [5.74, 6) is 1.19. The molecule has 298 valence electrons. The molecule has 0 atom stereocenters. The topological polar surface area (TPSA) is 98.8 Å². The molecule has 9 heteroatoms. The highest BCUT2D eigenvalue weighted by molar-refractivity contribution is 6.17. The van der Waals surface area contributed by atoms with E-state index in [0.717, 1.165) is 80.8 Å². The number of carbonyl (C=O) groups excluding carboxylic acids is 2. The van der Waals surface area contributed by atoms with Gasteiger partial charge in [-0.05, 0) is 86.8 Å². The summed E-state index contributed by atoms with van der Waals surface area (Å²) in [5.41, 5.74) is 8.90. The Morgan fingerprint density at radius 1 is 0.667 bits per heavy atom. The highest BCUT2D eigenvalue weighted by Crippen LogP contribution is 2.44. The molecule has 2 amide bonds. The third kappa shape index (κ3) is 6.60. The molecule has 0 bridgehead atoms. The minimum Gasteiger partial charge on any atom is -0.296 e. The fraction of sp³-hybridized carbons (Fsp3) is 0.216. The second kappa shape index (κ2) is 15.6. The van der Waals surface area contributed by atoms with Crippen molar-refractivity contribution in [1.82, 2.24) is 29.8 Å². The van der Waals surface area contributed by atoms with E-state index >= 15 is 0 Å². The number of tetrazole rings is 1. The molecule has 0 saturated carbocycles. The molecule has 0 aliphatic carbocycles. The van der Waals surface area contributed by atoms with E-state index in [2.05, 4.69) is 133 Å². The van der Waals surface area contributed by atoms with Gasteiger partial charge < -0.3 is 0 Å². The second-order valence-corrected chi connectivity index (χ2v) is 16.5. The van der Waals surface area contributed by atoms with Gasteiger partial charge in [0.2, 0.25) is 11.8 Å². The molecule has 1 aliphatic heterocycles. The average molecular weight is 790 g/mol. The molecule has 0 radical (unpaired) electrons. The van der Waals surface area contributed by atoms with Crippen LogP contribution in [0.1, 0.15) is 74.5 Å². The van der Waals surface area contributed by atoms with Crippen molar-refractivity contribution >= 4 is 28.5 Å². The molecule has 0 spiro atoms. The Morgan fingerprint density at radius 3 is 1.83 bits per heavy atom. The van der Waals surface area contributed by atoms with E-state index in [1.807, 2.05) is 61.0 Å². The third-order valence-corrected chi connectivity index (χ3v) is 11.8. The molecule has 9 nitrogen and oxygen atoms in total. The number of hydrogen-bond donors (Lipinski definition) is 0. The van der Waals surface area contributed by atoms with E-state index in [9.17, 15) is 9.59 Å². The number of unbranched alkanes of at least 4 members (excludes halogenated alkanes) is 1. The molecule has 1 aliphatic rings. The summed E-state index contributed by atoms with van der Waals surface area (Å²) in [5, 5.41) is 14.0. The number of rotatable bonds is 11. The minimum atomic E-state index is -0.916. The van der Waals surface area contributed by atoms with Crippen LogP contribution in [0.4, 0.5) is 5.69 Å². The van der Waals surface area contributed by atoms with Gasteiger partial charge in [-0.1, -0.05) is 155 Å². The zero-order chi connectivity index (χ0) is 41.4. The maximum atomic E-state index is 13.4. The van der Waals surface area contributed by atoms with Gasteiger partial charge in [-0.15, -0.1) is 5.10 Å². The van der Waals surface area contributed by atoms with Gasteiger partial charge >= 0.3 is 0 Å². The number of hydrogen-bond acceptors (Lipinski definition) is 6. The molecule has 2 aromatic heterocycles. The van der Waals surface area contributed by atoms with E-state index < -0.39 is 5.54 Å². The Morgan fingerprint density at radius 2 is 1.23 bits per heavy atom. The summed E-state index contributed by atoms with van der Waals surface area (Å²) < 4.78 is 4.19. The van der Waals surface area contributed by atoms with Crippen LogP contribution in [-0.2, 0) is 21.5 Å². The van der Waals surface area contributed by atoms with Gasteiger partial charge in [0.15, 0.2) is 5.82 Å². The van der Waals surface area contributed by atoms with Crippen molar-refractivity contribution in [3.63, 3.8) is 0 Å². The molecular formula is C51H47N7O2. The number of aryl methyl sites for hydroxylation is 1. The SMILES string of the molecule is CCCCc1nc2ccc(N3C(=O)CC(C)(C)CC3=O)cc2n1-c1cccc(-c2ccccc2-c2nnnn2C(c2ccccc2)(c2ccccc2)c2ccccc2)c1C. The maximum absolute atomic E-state index is 13.4. The third-order valence-electron chi connectivity index (χ3n) is 11.8. The number of carbonyl (C=O) groups is 2. The van der Waals surface area contributed by atoms with Crippen molar-refractivity contribution < 1.29 is 9.59 Å². The van der Waals surface area contributed by atoms with Crippen molar-refractivity contribution in [3.05, 3.63) is 180 Å². The molecule has 0 N–H and O–H groups in total. The highest BCUT2D eigenvalue weighted by atomic mass is 16.2. The Balaban J connectivity index is 1.23. The Bertz CT molecular complexity index is 2730. The fourth-order valence-electron chi connectivity index (χ4n) is 9.05. The van der Waals surface area contributed by atoms with E-state index in [-0.39, 0.29) is 17.2 Å². The molecule has 3 heterocycles. The molecule has 6 aromatic carbocycles. The summed E-state index contributed by atoms with van der Waals surface area (Å²) in [6.45, 7) is 8.27. The molecule has 1 fully saturated rings. The molecule has 9 rings (SSSR count). The lowest BCUT2D eigenvalue weighted by molar-refractivity contribution is -0.132. The summed E-state index contributed by atoms with van der Waals surface area (Å²) in [4.78, 5) is 33.4. The molecule has 8 aromatic rings. The van der Waals surface area contributed by atoms with Crippen molar-refractivity contribution in [2.75, 3.05) is 4.90 Å². The first-order valence-electron chi connectivity index (χ1n) is 20.7. The Kier molecular flexibility index (Phi) is 10.0. The summed E-state index contributed by atoms with van der Waals surface area (Å²) in [7, 11) is 0. The van der Waals surface area contributed by atoms with Crippen LogP contribution in [0.15, 0.2) is 152 Å². The number of benzene rings is 6. The first kappa shape index (κ1) is 38.5. The summed E-state index contributed by atoms with van der Waals surface area (Å²) >= 11 is 0. The van der Waals surface area contributed by atoms with Crippen molar-refractivity contribution in [1.29, 1.82) is 0 Å². The fourth-order valence-corrected chi connectivity index (χ4v) is 9.05. The number of piperidine rings is 1. The van der Waals surface area contributed by atoms with Crippen molar-refractivity contribution in [2.45, 2.75) is 65.3 Å². The van der Waals surface area contributed by atoms with Gasteiger partial charge in [0, 0.05) is 24.8 Å². The predicted molar refractivity (Wildman–Crippen MR) is 237 cm³/mol. The smallest absolute Gasteiger partial charge is 0.234 e. The zero-order valence-electron chi connectivity index (χ0n) is 34.4. The van der Waals surface area contributed by atoms with E-state index in [4.69, 9.17) is 15.3 Å². The number of aromatic nitrogens is 6. The predicted octanol–water partition coefficient (Wildman–Crippen LogP) is 10.5. The highest BCUT2D eigenvalue weighted by Gasteiger charge is 2.42. The lowest BCUT2D eigenvalue weighted by Crippen LogP contribution is -2.46. The number of amides is 2. The van der Waals surface area contributed by atoms with Crippen LogP contribution in [0, 0.1) is 12.3 Å².